The zero-order valence-electron chi connectivity index (χ0n) is 17.3. The molecule has 2 unspecified atom stereocenters. The molecular formula is C26H26FNO2. The van der Waals surface area contributed by atoms with Crippen LogP contribution in [0.5, 0.6) is 0 Å². The second-order valence-corrected chi connectivity index (χ2v) is 8.90. The molecule has 0 aromatic heterocycles. The topological polar surface area (TPSA) is 29.5 Å². The van der Waals surface area contributed by atoms with Crippen LogP contribution in [0.15, 0.2) is 42.5 Å². The molecule has 1 aliphatic heterocycles. The Bertz CT molecular complexity index is 1050. The summed E-state index contributed by atoms with van der Waals surface area (Å²) in [6, 6.07) is 13.5. The summed E-state index contributed by atoms with van der Waals surface area (Å²) in [5.74, 6) is 5.83. The van der Waals surface area contributed by atoms with E-state index in [1.54, 1.807) is 18.2 Å². The van der Waals surface area contributed by atoms with Gasteiger partial charge in [0, 0.05) is 18.2 Å². The number of benzene rings is 2. The number of fused-ring (bicyclic) bond motifs is 1. The molecule has 1 saturated carbocycles. The minimum Gasteiger partial charge on any atom is -0.469 e. The first-order valence-electron chi connectivity index (χ1n) is 10.8. The summed E-state index contributed by atoms with van der Waals surface area (Å²) in [5.41, 5.74) is 4.23. The van der Waals surface area contributed by atoms with E-state index in [1.165, 1.54) is 24.3 Å². The van der Waals surface area contributed by atoms with Crippen molar-refractivity contribution < 1.29 is 13.9 Å². The van der Waals surface area contributed by atoms with Gasteiger partial charge in [0.05, 0.1) is 18.6 Å². The van der Waals surface area contributed by atoms with Crippen molar-refractivity contribution in [3.8, 4) is 11.8 Å². The average Bonchev–Trinajstić information content (AvgIpc) is 3.39. The normalized spacial score (nSPS) is 24.1. The molecule has 1 heterocycles. The van der Waals surface area contributed by atoms with Crippen molar-refractivity contribution in [3.05, 3.63) is 70.5 Å². The third kappa shape index (κ3) is 3.42. The third-order valence-corrected chi connectivity index (χ3v) is 7.19. The molecule has 30 heavy (non-hydrogen) atoms. The maximum absolute atomic E-state index is 13.8. The summed E-state index contributed by atoms with van der Waals surface area (Å²) in [6.07, 6.45) is 5.31. The van der Waals surface area contributed by atoms with Crippen LogP contribution < -0.4 is 0 Å². The van der Waals surface area contributed by atoms with Crippen LogP contribution in [0.2, 0.25) is 0 Å². The van der Waals surface area contributed by atoms with E-state index in [-0.39, 0.29) is 23.1 Å². The SMILES string of the molecule is COC(=O)C1CCN(C2CCc3cc(C#Cc4ccccc4F)ccc32)CC12CC2. The number of piperidine rings is 1. The highest BCUT2D eigenvalue weighted by molar-refractivity contribution is 5.74. The van der Waals surface area contributed by atoms with E-state index in [1.807, 2.05) is 0 Å². The van der Waals surface area contributed by atoms with Crippen LogP contribution in [0, 0.1) is 29.0 Å². The van der Waals surface area contributed by atoms with Crippen molar-refractivity contribution in [1.82, 2.24) is 4.90 Å². The predicted molar refractivity (Wildman–Crippen MR) is 113 cm³/mol. The van der Waals surface area contributed by atoms with E-state index < -0.39 is 0 Å². The fraction of sp³-hybridized carbons (Fsp3) is 0.423. The zero-order valence-corrected chi connectivity index (χ0v) is 17.3. The highest BCUT2D eigenvalue weighted by Gasteiger charge is 2.56. The van der Waals surface area contributed by atoms with Gasteiger partial charge in [-0.2, -0.15) is 0 Å². The van der Waals surface area contributed by atoms with Crippen LogP contribution in [0.4, 0.5) is 4.39 Å². The molecular weight excluding hydrogens is 377 g/mol. The largest absolute Gasteiger partial charge is 0.469 e. The molecule has 2 aliphatic carbocycles. The van der Waals surface area contributed by atoms with E-state index in [9.17, 15) is 9.18 Å². The smallest absolute Gasteiger partial charge is 0.309 e. The third-order valence-electron chi connectivity index (χ3n) is 7.19. The van der Waals surface area contributed by atoms with Gasteiger partial charge >= 0.3 is 5.97 Å². The lowest BCUT2D eigenvalue weighted by atomic mass is 9.81. The van der Waals surface area contributed by atoms with Gasteiger partial charge in [-0.3, -0.25) is 9.69 Å². The number of likely N-dealkylation sites (tertiary alicyclic amines) is 1. The summed E-state index contributed by atoms with van der Waals surface area (Å²) in [5, 5.41) is 0. The van der Waals surface area contributed by atoms with Gasteiger partial charge in [0.2, 0.25) is 0 Å². The molecule has 154 valence electrons. The highest BCUT2D eigenvalue weighted by Crippen LogP contribution is 2.57. The Morgan fingerprint density at radius 1 is 1.17 bits per heavy atom. The number of hydrogen-bond acceptors (Lipinski definition) is 3. The first-order chi connectivity index (χ1) is 14.6. The Kier molecular flexibility index (Phi) is 4.87. The summed E-state index contributed by atoms with van der Waals surface area (Å²) in [4.78, 5) is 14.8. The summed E-state index contributed by atoms with van der Waals surface area (Å²) in [7, 11) is 1.50. The van der Waals surface area contributed by atoms with Crippen molar-refractivity contribution in [2.24, 2.45) is 11.3 Å². The highest BCUT2D eigenvalue weighted by atomic mass is 19.1. The molecule has 2 aromatic carbocycles. The molecule has 2 atom stereocenters. The number of halogens is 1. The molecule has 0 N–H and O–H groups in total. The number of carbonyl (C=O) groups excluding carboxylic acids is 1. The van der Waals surface area contributed by atoms with Crippen molar-refractivity contribution in [3.63, 3.8) is 0 Å². The van der Waals surface area contributed by atoms with Crippen molar-refractivity contribution >= 4 is 5.97 Å². The number of methoxy groups -OCH3 is 1. The standard InChI is InChI=1S/C26H26FNO2/c1-30-25(29)22-12-15-28(17-26(22)13-14-26)24-11-9-20-16-18(7-10-21(20)24)6-8-19-4-2-3-5-23(19)27/h2-5,7,10,16,22,24H,9,11-15,17H2,1H3. The molecule has 2 aromatic rings. The lowest BCUT2D eigenvalue weighted by molar-refractivity contribution is -0.150. The molecule has 1 spiro atoms. The minimum absolute atomic E-state index is 0.0305. The molecule has 3 nitrogen and oxygen atoms in total. The van der Waals surface area contributed by atoms with Gasteiger partial charge in [-0.15, -0.1) is 0 Å². The molecule has 2 fully saturated rings. The van der Waals surface area contributed by atoms with E-state index in [0.717, 1.165) is 50.8 Å². The van der Waals surface area contributed by atoms with Gasteiger partial charge in [-0.1, -0.05) is 30.0 Å². The zero-order chi connectivity index (χ0) is 20.7. The maximum Gasteiger partial charge on any atom is 0.309 e. The minimum atomic E-state index is -0.282. The summed E-state index contributed by atoms with van der Waals surface area (Å²) >= 11 is 0. The molecule has 5 rings (SSSR count). The van der Waals surface area contributed by atoms with Gasteiger partial charge in [-0.05, 0) is 79.5 Å². The van der Waals surface area contributed by atoms with E-state index >= 15 is 0 Å². The van der Waals surface area contributed by atoms with Crippen LogP contribution in [0.3, 0.4) is 0 Å². The average molecular weight is 403 g/mol. The second kappa shape index (κ2) is 7.56. The van der Waals surface area contributed by atoms with Gasteiger partial charge in [-0.25, -0.2) is 4.39 Å². The van der Waals surface area contributed by atoms with Crippen LogP contribution in [-0.2, 0) is 16.0 Å². The molecule has 0 bridgehead atoms. The Labute approximate surface area is 177 Å². The van der Waals surface area contributed by atoms with Crippen LogP contribution in [0.1, 0.15) is 54.0 Å². The quantitative estimate of drug-likeness (QED) is 0.547. The van der Waals surface area contributed by atoms with Gasteiger partial charge in [0.25, 0.3) is 0 Å². The molecule has 4 heteroatoms. The number of aryl methyl sites for hydroxylation is 1. The lowest BCUT2D eigenvalue weighted by Gasteiger charge is -2.41. The number of hydrogen-bond donors (Lipinski definition) is 0. The molecule has 0 amide bonds. The Balaban J connectivity index is 1.33. The number of nitrogens with zero attached hydrogens (tertiary/aromatic N) is 1. The monoisotopic (exact) mass is 403 g/mol. The Hall–Kier alpha value is -2.64. The fourth-order valence-corrected chi connectivity index (χ4v) is 5.39. The number of esters is 1. The second-order valence-electron chi connectivity index (χ2n) is 8.90. The molecule has 3 aliphatic rings. The van der Waals surface area contributed by atoms with E-state index in [4.69, 9.17) is 4.74 Å². The Morgan fingerprint density at radius 3 is 2.77 bits per heavy atom. The van der Waals surface area contributed by atoms with Gasteiger partial charge in [0.15, 0.2) is 0 Å². The van der Waals surface area contributed by atoms with Crippen molar-refractivity contribution in [2.45, 2.75) is 38.1 Å². The van der Waals surface area contributed by atoms with Gasteiger partial charge < -0.3 is 4.74 Å². The number of carbonyl (C=O) groups is 1. The Morgan fingerprint density at radius 2 is 2.00 bits per heavy atom. The van der Waals surface area contributed by atoms with Crippen LogP contribution in [0.25, 0.3) is 0 Å². The van der Waals surface area contributed by atoms with Gasteiger partial charge in [0.1, 0.15) is 5.82 Å². The van der Waals surface area contributed by atoms with Crippen LogP contribution in [-0.4, -0.2) is 31.1 Å². The fourth-order valence-electron chi connectivity index (χ4n) is 5.39. The summed E-state index contributed by atoms with van der Waals surface area (Å²) in [6.45, 7) is 1.94. The van der Waals surface area contributed by atoms with Crippen molar-refractivity contribution in [2.75, 3.05) is 20.2 Å². The lowest BCUT2D eigenvalue weighted by Crippen LogP contribution is -2.46. The van der Waals surface area contributed by atoms with Crippen LogP contribution >= 0.6 is 0 Å². The first-order valence-corrected chi connectivity index (χ1v) is 10.8. The summed E-state index contributed by atoms with van der Waals surface area (Å²) < 4.78 is 18.9. The van der Waals surface area contributed by atoms with E-state index in [0.29, 0.717) is 11.6 Å². The van der Waals surface area contributed by atoms with E-state index in [2.05, 4.69) is 34.9 Å². The maximum atomic E-state index is 13.8. The molecule has 0 radical (unpaired) electrons. The number of ether oxygens (including phenoxy) is 1. The molecule has 1 saturated heterocycles. The van der Waals surface area contributed by atoms with Crippen molar-refractivity contribution in [1.29, 1.82) is 0 Å². The first kappa shape index (κ1) is 19.3. The predicted octanol–water partition coefficient (Wildman–Crippen LogP) is 4.49. The number of rotatable bonds is 2.